The number of carbonyl (C=O) groups is 1. The Morgan fingerprint density at radius 1 is 1.05 bits per heavy atom. The van der Waals surface area contributed by atoms with Gasteiger partial charge in [0.1, 0.15) is 6.10 Å². The number of hydrogen-bond acceptors (Lipinski definition) is 9. The first kappa shape index (κ1) is 28.1. The normalized spacial score (nSPS) is 24.9. The van der Waals surface area contributed by atoms with E-state index in [1.165, 1.54) is 11.1 Å². The fraction of sp³-hybridized carbons (Fsp3) is 0.419. The molecule has 42 heavy (non-hydrogen) atoms. The van der Waals surface area contributed by atoms with Crippen molar-refractivity contribution in [3.63, 3.8) is 0 Å². The Hall–Kier alpha value is -4.06. The topological polar surface area (TPSA) is 168 Å². The number of nitrogens with zero attached hydrogens (tertiary/aromatic N) is 5. The number of anilines is 2. The predicted molar refractivity (Wildman–Crippen MR) is 161 cm³/mol. The molecule has 1 aliphatic carbocycles. The van der Waals surface area contributed by atoms with E-state index in [0.717, 1.165) is 13.0 Å². The first-order chi connectivity index (χ1) is 20.3. The molecule has 2 aromatic heterocycles. The Morgan fingerprint density at radius 3 is 2.31 bits per heavy atom. The van der Waals surface area contributed by atoms with E-state index in [1.807, 2.05) is 36.4 Å². The van der Waals surface area contributed by atoms with Crippen molar-refractivity contribution in [2.45, 2.75) is 50.0 Å². The second-order valence-corrected chi connectivity index (χ2v) is 11.6. The van der Waals surface area contributed by atoms with Crippen LogP contribution in [0.15, 0.2) is 67.0 Å². The van der Waals surface area contributed by atoms with Gasteiger partial charge in [-0.05, 0) is 24.0 Å². The number of imidazole rings is 1. The average Bonchev–Trinajstić information content (AvgIpc) is 3.71. The summed E-state index contributed by atoms with van der Waals surface area (Å²) in [4.78, 5) is 28.5. The fourth-order valence-corrected chi connectivity index (χ4v) is 6.41. The number of amides is 1. The summed E-state index contributed by atoms with van der Waals surface area (Å²) in [6.07, 6.45) is 0.632. The molecule has 1 aliphatic heterocycles. The number of nitrogens with one attached hydrogen (secondary N) is 1. The van der Waals surface area contributed by atoms with Crippen LogP contribution in [0.5, 0.6) is 0 Å². The Morgan fingerprint density at radius 2 is 1.71 bits per heavy atom. The van der Waals surface area contributed by atoms with Crippen molar-refractivity contribution in [3.8, 4) is 0 Å². The summed E-state index contributed by atoms with van der Waals surface area (Å²) in [6, 6.07) is 20.2. The van der Waals surface area contributed by atoms with E-state index in [0.29, 0.717) is 42.4 Å². The Labute approximate surface area is 244 Å². The lowest BCUT2D eigenvalue weighted by Crippen LogP contribution is -2.35. The summed E-state index contributed by atoms with van der Waals surface area (Å²) >= 11 is 0. The zero-order valence-corrected chi connectivity index (χ0v) is 23.6. The molecule has 1 amide bonds. The van der Waals surface area contributed by atoms with Gasteiger partial charge in [0.25, 0.3) is 0 Å². The molecule has 7 N–H and O–H groups in total. The summed E-state index contributed by atoms with van der Waals surface area (Å²) in [7, 11) is 0. The third kappa shape index (κ3) is 5.31. The largest absolute Gasteiger partial charge is 0.390 e. The van der Waals surface area contributed by atoms with E-state index in [2.05, 4.69) is 39.5 Å². The SMILES string of the molecule is CC(C(N)=O)[C@@H]1C[C@@H](n2cnc3c(NCC(c4ccccc4)c4ccccc4)nc(N4CCC(N)C4)nc32)[C@H](O)[C@@H]1O. The fourth-order valence-electron chi connectivity index (χ4n) is 6.41. The number of aromatic nitrogens is 4. The van der Waals surface area contributed by atoms with Gasteiger partial charge in [-0.3, -0.25) is 4.79 Å². The van der Waals surface area contributed by atoms with Crippen molar-refractivity contribution in [3.05, 3.63) is 78.1 Å². The molecule has 1 saturated carbocycles. The average molecular weight is 571 g/mol. The van der Waals surface area contributed by atoms with Crippen molar-refractivity contribution in [1.29, 1.82) is 0 Å². The minimum Gasteiger partial charge on any atom is -0.390 e. The third-order valence-corrected chi connectivity index (χ3v) is 8.94. The molecule has 6 rings (SSSR count). The molecule has 2 aliphatic rings. The lowest BCUT2D eigenvalue weighted by molar-refractivity contribution is -0.124. The van der Waals surface area contributed by atoms with Crippen LogP contribution in [0.2, 0.25) is 0 Å². The van der Waals surface area contributed by atoms with Crippen LogP contribution in [0.4, 0.5) is 11.8 Å². The lowest BCUT2D eigenvalue weighted by atomic mass is 9.90. The monoisotopic (exact) mass is 570 g/mol. The summed E-state index contributed by atoms with van der Waals surface area (Å²) in [6.45, 7) is 3.62. The first-order valence-corrected chi connectivity index (χ1v) is 14.6. The van der Waals surface area contributed by atoms with Gasteiger partial charge in [-0.25, -0.2) is 4.98 Å². The van der Waals surface area contributed by atoms with Crippen LogP contribution in [0.1, 0.15) is 42.9 Å². The van der Waals surface area contributed by atoms with Crippen LogP contribution in [-0.4, -0.2) is 73.5 Å². The molecule has 2 unspecified atom stereocenters. The predicted octanol–water partition coefficient (Wildman–Crippen LogP) is 2.01. The van der Waals surface area contributed by atoms with E-state index in [1.54, 1.807) is 17.8 Å². The number of rotatable bonds is 9. The van der Waals surface area contributed by atoms with E-state index in [4.69, 9.17) is 21.4 Å². The molecule has 220 valence electrons. The van der Waals surface area contributed by atoms with Crippen LogP contribution in [0.25, 0.3) is 11.2 Å². The minimum absolute atomic E-state index is 0.0361. The number of carbonyl (C=O) groups excluding carboxylic acids is 1. The summed E-state index contributed by atoms with van der Waals surface area (Å²) in [5.41, 5.74) is 15.2. The summed E-state index contributed by atoms with van der Waals surface area (Å²) < 4.78 is 1.80. The quantitative estimate of drug-likeness (QED) is 0.202. The Kier molecular flexibility index (Phi) is 7.80. The second kappa shape index (κ2) is 11.7. The molecule has 0 radical (unpaired) electrons. The van der Waals surface area contributed by atoms with E-state index in [9.17, 15) is 15.0 Å². The van der Waals surface area contributed by atoms with Gasteiger partial charge in [-0.1, -0.05) is 67.6 Å². The number of primary amides is 1. The maximum Gasteiger partial charge on any atom is 0.229 e. The molecule has 11 heteroatoms. The van der Waals surface area contributed by atoms with Crippen molar-refractivity contribution >= 4 is 28.8 Å². The van der Waals surface area contributed by atoms with Gasteiger partial charge in [0.05, 0.1) is 18.5 Å². The zero-order chi connectivity index (χ0) is 29.4. The highest BCUT2D eigenvalue weighted by molar-refractivity contribution is 5.84. The number of aliphatic hydroxyl groups excluding tert-OH is 2. The summed E-state index contributed by atoms with van der Waals surface area (Å²) in [5, 5.41) is 25.5. The van der Waals surface area contributed by atoms with Crippen LogP contribution in [0, 0.1) is 11.8 Å². The molecule has 6 atom stereocenters. The lowest BCUT2D eigenvalue weighted by Gasteiger charge is -2.22. The number of benzene rings is 2. The van der Waals surface area contributed by atoms with Gasteiger partial charge < -0.3 is 36.5 Å². The van der Waals surface area contributed by atoms with E-state index < -0.39 is 36.0 Å². The maximum atomic E-state index is 11.9. The van der Waals surface area contributed by atoms with Gasteiger partial charge >= 0.3 is 0 Å². The number of hydrogen-bond donors (Lipinski definition) is 5. The second-order valence-electron chi connectivity index (χ2n) is 11.6. The minimum atomic E-state index is -1.11. The smallest absolute Gasteiger partial charge is 0.229 e. The third-order valence-electron chi connectivity index (χ3n) is 8.94. The van der Waals surface area contributed by atoms with E-state index >= 15 is 0 Å². The van der Waals surface area contributed by atoms with Gasteiger partial charge in [0, 0.05) is 43.4 Å². The highest BCUT2D eigenvalue weighted by Crippen LogP contribution is 2.41. The van der Waals surface area contributed by atoms with Crippen molar-refractivity contribution in [2.24, 2.45) is 23.3 Å². The number of fused-ring (bicyclic) bond motifs is 1. The molecule has 4 aromatic rings. The van der Waals surface area contributed by atoms with E-state index in [-0.39, 0.29) is 12.0 Å². The highest BCUT2D eigenvalue weighted by atomic mass is 16.3. The number of nitrogens with two attached hydrogens (primary N) is 2. The zero-order valence-electron chi connectivity index (χ0n) is 23.6. The molecular formula is C31H38N8O3. The molecule has 3 heterocycles. The van der Waals surface area contributed by atoms with Crippen LogP contribution < -0.4 is 21.7 Å². The Bertz CT molecular complexity index is 1490. The van der Waals surface area contributed by atoms with Gasteiger partial charge in [0.2, 0.25) is 11.9 Å². The Balaban J connectivity index is 1.38. The van der Waals surface area contributed by atoms with Crippen molar-refractivity contribution in [1.82, 2.24) is 19.5 Å². The van der Waals surface area contributed by atoms with Gasteiger partial charge in [-0.15, -0.1) is 0 Å². The maximum absolute atomic E-state index is 11.9. The number of aliphatic hydroxyl groups is 2. The van der Waals surface area contributed by atoms with Crippen LogP contribution >= 0.6 is 0 Å². The standard InChI is InChI=1S/C31H38N8O3/c1-18(28(33)42)22-14-24(27(41)26(22)40)39-17-35-25-29(36-31(37-30(25)39)38-13-12-21(32)16-38)34-15-23(19-8-4-2-5-9-19)20-10-6-3-7-11-20/h2-11,17-18,21-24,26-27,40-41H,12-16,32H2,1H3,(H2,33,42)(H,34,36,37)/t18?,21?,22-,24+,26+,27-/m0/s1. The van der Waals surface area contributed by atoms with Gasteiger partial charge in [-0.2, -0.15) is 9.97 Å². The highest BCUT2D eigenvalue weighted by Gasteiger charge is 2.46. The molecule has 11 nitrogen and oxygen atoms in total. The molecule has 2 aromatic carbocycles. The molecule has 2 fully saturated rings. The van der Waals surface area contributed by atoms with Crippen molar-refractivity contribution < 1.29 is 15.0 Å². The first-order valence-electron chi connectivity index (χ1n) is 14.6. The van der Waals surface area contributed by atoms with Gasteiger partial charge in [0.15, 0.2) is 17.0 Å². The molecular weight excluding hydrogens is 532 g/mol. The summed E-state index contributed by atoms with van der Waals surface area (Å²) in [5.74, 6) is -0.392. The van der Waals surface area contributed by atoms with Crippen LogP contribution in [-0.2, 0) is 4.79 Å². The molecule has 0 spiro atoms. The molecule has 0 bridgehead atoms. The molecule has 1 saturated heterocycles. The van der Waals surface area contributed by atoms with Crippen LogP contribution in [0.3, 0.4) is 0 Å². The van der Waals surface area contributed by atoms with Crippen molar-refractivity contribution in [2.75, 3.05) is 29.9 Å².